The molecule has 0 saturated carbocycles. The topological polar surface area (TPSA) is 66.6 Å². The number of aryl methyl sites for hydroxylation is 2. The first-order valence-electron chi connectivity index (χ1n) is 10.1. The molecule has 28 heavy (non-hydrogen) atoms. The zero-order valence-corrected chi connectivity index (χ0v) is 16.3. The van der Waals surface area contributed by atoms with Crippen LogP contribution in [0.2, 0.25) is 0 Å². The van der Waals surface area contributed by atoms with Crippen molar-refractivity contribution in [3.05, 3.63) is 65.7 Å². The Labute approximate surface area is 167 Å². The minimum absolute atomic E-state index is 0.141. The summed E-state index contributed by atoms with van der Waals surface area (Å²) < 4.78 is 0. The molecule has 2 amide bonds. The standard InChI is InChI=1S/C23H29N3O2/c24-21-10-5-4-9-20(21)12-14-23(28)26-16-6-15-25(17-18-26)22(27)13-11-19-7-2-1-3-8-19/h1-5,7-10H,6,11-18,24H2. The maximum atomic E-state index is 12.6. The number of hydrogen-bond donors (Lipinski definition) is 1. The number of nitrogens with zero attached hydrogens (tertiary/aromatic N) is 2. The van der Waals surface area contributed by atoms with Crippen molar-refractivity contribution in [1.82, 2.24) is 9.80 Å². The molecule has 1 aliphatic rings. The molecule has 0 atom stereocenters. The van der Waals surface area contributed by atoms with E-state index in [1.807, 2.05) is 52.3 Å². The summed E-state index contributed by atoms with van der Waals surface area (Å²) in [4.78, 5) is 29.0. The fraction of sp³-hybridized carbons (Fsp3) is 0.391. The van der Waals surface area contributed by atoms with Crippen molar-refractivity contribution in [2.24, 2.45) is 0 Å². The number of nitrogen functional groups attached to an aromatic ring is 1. The van der Waals surface area contributed by atoms with Crippen molar-refractivity contribution in [3.8, 4) is 0 Å². The van der Waals surface area contributed by atoms with Gasteiger partial charge < -0.3 is 15.5 Å². The number of anilines is 1. The first-order valence-corrected chi connectivity index (χ1v) is 10.1. The van der Waals surface area contributed by atoms with E-state index in [1.54, 1.807) is 0 Å². The van der Waals surface area contributed by atoms with Gasteiger partial charge >= 0.3 is 0 Å². The predicted octanol–water partition coefficient (Wildman–Crippen LogP) is 2.90. The van der Waals surface area contributed by atoms with Crippen LogP contribution in [0.25, 0.3) is 0 Å². The maximum Gasteiger partial charge on any atom is 0.222 e. The summed E-state index contributed by atoms with van der Waals surface area (Å²) in [6, 6.07) is 17.8. The van der Waals surface area contributed by atoms with Crippen molar-refractivity contribution in [2.75, 3.05) is 31.9 Å². The quantitative estimate of drug-likeness (QED) is 0.785. The number of carbonyl (C=O) groups is 2. The summed E-state index contributed by atoms with van der Waals surface area (Å²) >= 11 is 0. The molecule has 0 bridgehead atoms. The molecule has 1 fully saturated rings. The van der Waals surface area contributed by atoms with Crippen LogP contribution in [0.15, 0.2) is 54.6 Å². The molecule has 0 spiro atoms. The second kappa shape index (κ2) is 9.93. The third-order valence-corrected chi connectivity index (χ3v) is 5.33. The Bertz CT molecular complexity index is 791. The van der Waals surface area contributed by atoms with E-state index in [-0.39, 0.29) is 11.8 Å². The molecular weight excluding hydrogens is 350 g/mol. The van der Waals surface area contributed by atoms with Crippen LogP contribution in [-0.2, 0) is 22.4 Å². The lowest BCUT2D eigenvalue weighted by Crippen LogP contribution is -2.37. The van der Waals surface area contributed by atoms with Crippen LogP contribution in [-0.4, -0.2) is 47.8 Å². The van der Waals surface area contributed by atoms with Crippen LogP contribution < -0.4 is 5.73 Å². The molecular formula is C23H29N3O2. The Balaban J connectivity index is 1.45. The van der Waals surface area contributed by atoms with Crippen LogP contribution in [0.1, 0.15) is 30.4 Å². The van der Waals surface area contributed by atoms with Gasteiger partial charge in [-0.25, -0.2) is 0 Å². The monoisotopic (exact) mass is 379 g/mol. The summed E-state index contributed by atoms with van der Waals surface area (Å²) in [7, 11) is 0. The highest BCUT2D eigenvalue weighted by Crippen LogP contribution is 2.14. The zero-order valence-electron chi connectivity index (χ0n) is 16.3. The van der Waals surface area contributed by atoms with E-state index in [0.717, 1.165) is 30.6 Å². The lowest BCUT2D eigenvalue weighted by Gasteiger charge is -2.22. The Hall–Kier alpha value is -2.82. The lowest BCUT2D eigenvalue weighted by molar-refractivity contribution is -0.133. The summed E-state index contributed by atoms with van der Waals surface area (Å²) in [5.74, 6) is 0.317. The maximum absolute atomic E-state index is 12.6. The van der Waals surface area contributed by atoms with Crippen molar-refractivity contribution in [1.29, 1.82) is 0 Å². The minimum Gasteiger partial charge on any atom is -0.399 e. The number of rotatable bonds is 6. The summed E-state index contributed by atoms with van der Waals surface area (Å²) in [5.41, 5.74) is 8.90. The smallest absolute Gasteiger partial charge is 0.222 e. The fourth-order valence-electron chi connectivity index (χ4n) is 3.63. The molecule has 0 radical (unpaired) electrons. The van der Waals surface area contributed by atoms with Gasteiger partial charge in [-0.05, 0) is 36.5 Å². The highest BCUT2D eigenvalue weighted by molar-refractivity contribution is 5.78. The molecule has 0 aromatic heterocycles. The molecule has 2 aromatic carbocycles. The largest absolute Gasteiger partial charge is 0.399 e. The van der Waals surface area contributed by atoms with Crippen LogP contribution in [0, 0.1) is 0 Å². The third-order valence-electron chi connectivity index (χ3n) is 5.33. The molecule has 0 unspecified atom stereocenters. The SMILES string of the molecule is Nc1ccccc1CCC(=O)N1CCCN(C(=O)CCc2ccccc2)CC1. The highest BCUT2D eigenvalue weighted by Gasteiger charge is 2.21. The number of carbonyl (C=O) groups excluding carboxylic acids is 2. The van der Waals surface area contributed by atoms with Crippen molar-refractivity contribution in [3.63, 3.8) is 0 Å². The number of benzene rings is 2. The molecule has 1 heterocycles. The minimum atomic E-state index is 0.141. The Morgan fingerprint density at radius 2 is 1.32 bits per heavy atom. The number of amides is 2. The molecule has 5 heteroatoms. The predicted molar refractivity (Wildman–Crippen MR) is 112 cm³/mol. The van der Waals surface area contributed by atoms with Gasteiger partial charge in [0.1, 0.15) is 0 Å². The molecule has 5 nitrogen and oxygen atoms in total. The Morgan fingerprint density at radius 3 is 1.96 bits per heavy atom. The van der Waals surface area contributed by atoms with Crippen molar-refractivity contribution in [2.45, 2.75) is 32.1 Å². The van der Waals surface area contributed by atoms with Gasteiger partial charge in [-0.2, -0.15) is 0 Å². The molecule has 0 aliphatic carbocycles. The Morgan fingerprint density at radius 1 is 0.750 bits per heavy atom. The van der Waals surface area contributed by atoms with Crippen molar-refractivity contribution >= 4 is 17.5 Å². The van der Waals surface area contributed by atoms with Crippen LogP contribution in [0.4, 0.5) is 5.69 Å². The van der Waals surface area contributed by atoms with Crippen LogP contribution in [0.5, 0.6) is 0 Å². The Kier molecular flexibility index (Phi) is 7.06. The summed E-state index contributed by atoms with van der Waals surface area (Å²) in [5, 5.41) is 0. The highest BCUT2D eigenvalue weighted by atomic mass is 16.2. The molecule has 1 saturated heterocycles. The van der Waals surface area contributed by atoms with Gasteiger partial charge in [0.15, 0.2) is 0 Å². The number of para-hydroxylation sites is 1. The second-order valence-electron chi connectivity index (χ2n) is 7.30. The average Bonchev–Trinajstić information content (AvgIpc) is 2.98. The molecule has 1 aliphatic heterocycles. The normalized spacial score (nSPS) is 14.6. The zero-order chi connectivity index (χ0) is 19.8. The summed E-state index contributed by atoms with van der Waals surface area (Å²) in [6.07, 6.45) is 3.22. The van der Waals surface area contributed by atoms with E-state index in [2.05, 4.69) is 12.1 Å². The number of nitrogens with two attached hydrogens (primary N) is 1. The van der Waals surface area contributed by atoms with Gasteiger partial charge in [0.25, 0.3) is 0 Å². The van der Waals surface area contributed by atoms with Gasteiger partial charge in [-0.1, -0.05) is 48.5 Å². The molecule has 148 valence electrons. The van der Waals surface area contributed by atoms with Gasteiger partial charge in [-0.3, -0.25) is 9.59 Å². The first-order chi connectivity index (χ1) is 13.6. The van der Waals surface area contributed by atoms with E-state index < -0.39 is 0 Å². The van der Waals surface area contributed by atoms with E-state index in [0.29, 0.717) is 38.9 Å². The van der Waals surface area contributed by atoms with Crippen LogP contribution >= 0.6 is 0 Å². The van der Waals surface area contributed by atoms with E-state index in [9.17, 15) is 9.59 Å². The second-order valence-corrected chi connectivity index (χ2v) is 7.30. The van der Waals surface area contributed by atoms with Gasteiger partial charge in [0, 0.05) is 44.7 Å². The van der Waals surface area contributed by atoms with E-state index in [4.69, 9.17) is 5.73 Å². The van der Waals surface area contributed by atoms with Gasteiger partial charge in [0.2, 0.25) is 11.8 Å². The van der Waals surface area contributed by atoms with Gasteiger partial charge in [-0.15, -0.1) is 0 Å². The fourth-order valence-corrected chi connectivity index (χ4v) is 3.63. The first kappa shape index (κ1) is 19.9. The lowest BCUT2D eigenvalue weighted by atomic mass is 10.1. The number of hydrogen-bond acceptors (Lipinski definition) is 3. The van der Waals surface area contributed by atoms with E-state index >= 15 is 0 Å². The average molecular weight is 380 g/mol. The molecule has 3 rings (SSSR count). The van der Waals surface area contributed by atoms with Gasteiger partial charge in [0.05, 0.1) is 0 Å². The molecule has 2 aromatic rings. The molecule has 2 N–H and O–H groups in total. The summed E-state index contributed by atoms with van der Waals surface area (Å²) in [6.45, 7) is 2.67. The third kappa shape index (κ3) is 5.59. The van der Waals surface area contributed by atoms with Crippen molar-refractivity contribution < 1.29 is 9.59 Å². The van der Waals surface area contributed by atoms with Crippen LogP contribution in [0.3, 0.4) is 0 Å². The van der Waals surface area contributed by atoms with E-state index in [1.165, 1.54) is 5.56 Å².